The van der Waals surface area contributed by atoms with Crippen molar-refractivity contribution in [2.75, 3.05) is 27.7 Å². The summed E-state index contributed by atoms with van der Waals surface area (Å²) in [5.41, 5.74) is 0.749. The van der Waals surface area contributed by atoms with Crippen LogP contribution in [0.25, 0.3) is 0 Å². The van der Waals surface area contributed by atoms with Crippen LogP contribution in [-0.4, -0.2) is 32.6 Å². The molecular weight excluding hydrogens is 203 g/mol. The van der Waals surface area contributed by atoms with Crippen molar-refractivity contribution >= 4 is 0 Å². The first-order valence-corrected chi connectivity index (χ1v) is 5.62. The topological polar surface area (TPSA) is 15.3 Å². The Balaban J connectivity index is 2.86. The fourth-order valence-electron chi connectivity index (χ4n) is 2.16. The summed E-state index contributed by atoms with van der Waals surface area (Å²) in [6.45, 7) is 3.06. The molecule has 2 unspecified atom stereocenters. The maximum atomic E-state index is 13.7. The zero-order chi connectivity index (χ0) is 12.1. The molecule has 2 atom stereocenters. The normalized spacial score (nSPS) is 15.1. The van der Waals surface area contributed by atoms with Crippen molar-refractivity contribution < 1.29 is 4.39 Å². The Morgan fingerprint density at radius 1 is 1.31 bits per heavy atom. The lowest BCUT2D eigenvalue weighted by molar-refractivity contribution is 0.285. The van der Waals surface area contributed by atoms with Crippen molar-refractivity contribution in [1.82, 2.24) is 10.2 Å². The van der Waals surface area contributed by atoms with Crippen LogP contribution >= 0.6 is 0 Å². The van der Waals surface area contributed by atoms with Crippen LogP contribution in [0, 0.1) is 11.7 Å². The lowest BCUT2D eigenvalue weighted by Crippen LogP contribution is -2.31. The van der Waals surface area contributed by atoms with Crippen LogP contribution in [0.3, 0.4) is 0 Å². The fraction of sp³-hybridized carbons (Fsp3) is 0.538. The number of hydrogen-bond acceptors (Lipinski definition) is 2. The predicted octanol–water partition coefficient (Wildman–Crippen LogP) is 2.28. The molecule has 1 rings (SSSR count). The van der Waals surface area contributed by atoms with Gasteiger partial charge in [0, 0.05) is 18.2 Å². The highest BCUT2D eigenvalue weighted by Crippen LogP contribution is 2.24. The van der Waals surface area contributed by atoms with Gasteiger partial charge < -0.3 is 10.2 Å². The molecule has 0 aromatic heterocycles. The molecule has 1 aromatic rings. The van der Waals surface area contributed by atoms with Gasteiger partial charge in [-0.25, -0.2) is 4.39 Å². The summed E-state index contributed by atoms with van der Waals surface area (Å²) in [7, 11) is 5.94. The third-order valence-corrected chi connectivity index (χ3v) is 2.77. The molecule has 0 fully saturated rings. The van der Waals surface area contributed by atoms with E-state index in [0.29, 0.717) is 5.92 Å². The average Bonchev–Trinajstić information content (AvgIpc) is 2.20. The van der Waals surface area contributed by atoms with Gasteiger partial charge >= 0.3 is 0 Å². The highest BCUT2D eigenvalue weighted by atomic mass is 19.1. The lowest BCUT2D eigenvalue weighted by atomic mass is 9.94. The minimum atomic E-state index is -0.132. The minimum absolute atomic E-state index is 0.0589. The second kappa shape index (κ2) is 5.97. The molecule has 0 aliphatic carbocycles. The molecule has 1 aromatic carbocycles. The van der Waals surface area contributed by atoms with Crippen LogP contribution in [0.5, 0.6) is 0 Å². The SMILES string of the molecule is CNC(c1ccccc1F)C(C)CN(C)C. The summed E-state index contributed by atoms with van der Waals surface area (Å²) in [4.78, 5) is 2.12. The number of halogens is 1. The molecule has 3 heteroatoms. The van der Waals surface area contributed by atoms with Gasteiger partial charge in [-0.15, -0.1) is 0 Å². The van der Waals surface area contributed by atoms with Gasteiger partial charge in [0.25, 0.3) is 0 Å². The number of hydrogen-bond donors (Lipinski definition) is 1. The second-order valence-corrected chi connectivity index (χ2v) is 4.53. The first kappa shape index (κ1) is 13.1. The van der Waals surface area contributed by atoms with Gasteiger partial charge in [0.15, 0.2) is 0 Å². The summed E-state index contributed by atoms with van der Waals surface area (Å²) >= 11 is 0. The van der Waals surface area contributed by atoms with E-state index in [2.05, 4.69) is 17.1 Å². The van der Waals surface area contributed by atoms with Crippen molar-refractivity contribution in [2.45, 2.75) is 13.0 Å². The van der Waals surface area contributed by atoms with Gasteiger partial charge in [-0.05, 0) is 33.1 Å². The quantitative estimate of drug-likeness (QED) is 0.825. The molecule has 0 aliphatic heterocycles. The Labute approximate surface area is 97.5 Å². The van der Waals surface area contributed by atoms with E-state index in [1.54, 1.807) is 6.07 Å². The lowest BCUT2D eigenvalue weighted by Gasteiger charge is -2.26. The Hall–Kier alpha value is -0.930. The molecule has 0 aliphatic rings. The van der Waals surface area contributed by atoms with Crippen LogP contribution < -0.4 is 5.32 Å². The summed E-state index contributed by atoms with van der Waals surface area (Å²) in [6.07, 6.45) is 0. The van der Waals surface area contributed by atoms with Crippen LogP contribution in [0.15, 0.2) is 24.3 Å². The second-order valence-electron chi connectivity index (χ2n) is 4.53. The van der Waals surface area contributed by atoms with Crippen molar-refractivity contribution in [2.24, 2.45) is 5.92 Å². The monoisotopic (exact) mass is 224 g/mol. The predicted molar refractivity (Wildman–Crippen MR) is 65.9 cm³/mol. The molecule has 0 heterocycles. The molecule has 0 spiro atoms. The zero-order valence-electron chi connectivity index (χ0n) is 10.5. The van der Waals surface area contributed by atoms with E-state index in [1.165, 1.54) is 6.07 Å². The minimum Gasteiger partial charge on any atom is -0.313 e. The standard InChI is InChI=1S/C13H21FN2/c1-10(9-16(3)4)13(15-2)11-7-5-6-8-12(11)14/h5-8,10,13,15H,9H2,1-4H3. The fourth-order valence-corrected chi connectivity index (χ4v) is 2.16. The largest absolute Gasteiger partial charge is 0.313 e. The molecule has 90 valence electrons. The molecule has 0 bridgehead atoms. The summed E-state index contributed by atoms with van der Waals surface area (Å²) in [6, 6.07) is 7.03. The molecule has 0 amide bonds. The summed E-state index contributed by atoms with van der Waals surface area (Å²) in [5, 5.41) is 3.20. The van der Waals surface area contributed by atoms with E-state index in [9.17, 15) is 4.39 Å². The van der Waals surface area contributed by atoms with Gasteiger partial charge in [0.2, 0.25) is 0 Å². The van der Waals surface area contributed by atoms with E-state index in [-0.39, 0.29) is 11.9 Å². The number of benzene rings is 1. The van der Waals surface area contributed by atoms with Gasteiger partial charge in [-0.1, -0.05) is 25.1 Å². The maximum absolute atomic E-state index is 13.7. The van der Waals surface area contributed by atoms with E-state index in [1.807, 2.05) is 33.3 Å². The molecule has 0 saturated heterocycles. The van der Waals surface area contributed by atoms with Crippen LogP contribution in [-0.2, 0) is 0 Å². The number of nitrogens with zero attached hydrogens (tertiary/aromatic N) is 1. The van der Waals surface area contributed by atoms with E-state index in [0.717, 1.165) is 12.1 Å². The van der Waals surface area contributed by atoms with Crippen LogP contribution in [0.2, 0.25) is 0 Å². The molecule has 16 heavy (non-hydrogen) atoms. The van der Waals surface area contributed by atoms with E-state index in [4.69, 9.17) is 0 Å². The average molecular weight is 224 g/mol. The molecule has 2 nitrogen and oxygen atoms in total. The van der Waals surface area contributed by atoms with Crippen LogP contribution in [0.1, 0.15) is 18.5 Å². The third kappa shape index (κ3) is 3.29. The number of nitrogens with one attached hydrogen (secondary N) is 1. The summed E-state index contributed by atoms with van der Waals surface area (Å²) in [5.74, 6) is 0.226. The third-order valence-electron chi connectivity index (χ3n) is 2.77. The highest BCUT2D eigenvalue weighted by Gasteiger charge is 2.20. The van der Waals surface area contributed by atoms with Crippen molar-refractivity contribution in [1.29, 1.82) is 0 Å². The Kier molecular flexibility index (Phi) is 4.90. The molecule has 0 saturated carbocycles. The molecule has 1 N–H and O–H groups in total. The van der Waals surface area contributed by atoms with Crippen molar-refractivity contribution in [3.8, 4) is 0 Å². The Morgan fingerprint density at radius 3 is 2.44 bits per heavy atom. The Bertz CT molecular complexity index is 325. The smallest absolute Gasteiger partial charge is 0.127 e. The van der Waals surface area contributed by atoms with E-state index >= 15 is 0 Å². The first-order chi connectivity index (χ1) is 7.56. The maximum Gasteiger partial charge on any atom is 0.127 e. The first-order valence-electron chi connectivity index (χ1n) is 5.62. The summed E-state index contributed by atoms with van der Waals surface area (Å²) < 4.78 is 13.7. The number of rotatable bonds is 5. The molecular formula is C13H21FN2. The van der Waals surface area contributed by atoms with Crippen molar-refractivity contribution in [3.05, 3.63) is 35.6 Å². The van der Waals surface area contributed by atoms with Crippen LogP contribution in [0.4, 0.5) is 4.39 Å². The van der Waals surface area contributed by atoms with Crippen molar-refractivity contribution in [3.63, 3.8) is 0 Å². The van der Waals surface area contributed by atoms with Gasteiger partial charge in [-0.3, -0.25) is 0 Å². The zero-order valence-corrected chi connectivity index (χ0v) is 10.5. The Morgan fingerprint density at radius 2 is 1.94 bits per heavy atom. The van der Waals surface area contributed by atoms with Gasteiger partial charge in [0.05, 0.1) is 0 Å². The van der Waals surface area contributed by atoms with Gasteiger partial charge in [-0.2, -0.15) is 0 Å². The van der Waals surface area contributed by atoms with Gasteiger partial charge in [0.1, 0.15) is 5.82 Å². The van der Waals surface area contributed by atoms with E-state index < -0.39 is 0 Å². The molecule has 0 radical (unpaired) electrons. The highest BCUT2D eigenvalue weighted by molar-refractivity contribution is 5.21.